The van der Waals surface area contributed by atoms with Crippen LogP contribution in [0.15, 0.2) is 18.3 Å². The van der Waals surface area contributed by atoms with Crippen LogP contribution in [-0.4, -0.2) is 15.0 Å². The molecule has 0 unspecified atom stereocenters. The van der Waals surface area contributed by atoms with Crippen LogP contribution < -0.4 is 11.1 Å². The Morgan fingerprint density at radius 2 is 2.24 bits per heavy atom. The van der Waals surface area contributed by atoms with Crippen molar-refractivity contribution in [3.8, 4) is 0 Å². The molecule has 0 aliphatic carbocycles. The zero-order valence-corrected chi connectivity index (χ0v) is 11.2. The molecular weight excluding hydrogens is 252 g/mol. The van der Waals surface area contributed by atoms with Gasteiger partial charge in [-0.2, -0.15) is 0 Å². The van der Waals surface area contributed by atoms with E-state index in [4.69, 9.17) is 18.0 Å². The second kappa shape index (κ2) is 4.77. The van der Waals surface area contributed by atoms with E-state index in [9.17, 15) is 0 Å². The van der Waals surface area contributed by atoms with Gasteiger partial charge in [0.15, 0.2) is 5.13 Å². The number of nitrogens with two attached hydrogens (primary N) is 1. The second-order valence-corrected chi connectivity index (χ2v) is 5.22. The van der Waals surface area contributed by atoms with Gasteiger partial charge in [0.05, 0.1) is 11.4 Å². The van der Waals surface area contributed by atoms with Crippen LogP contribution in [-0.2, 0) is 0 Å². The lowest BCUT2D eigenvalue weighted by Crippen LogP contribution is -2.11. The molecule has 0 aromatic carbocycles. The molecule has 0 saturated carbocycles. The Labute approximate surface area is 109 Å². The first-order valence-corrected chi connectivity index (χ1v) is 6.25. The van der Waals surface area contributed by atoms with E-state index in [-0.39, 0.29) is 0 Å². The van der Waals surface area contributed by atoms with Gasteiger partial charge in [0, 0.05) is 16.8 Å². The number of hydrogen-bond acceptors (Lipinski definition) is 5. The van der Waals surface area contributed by atoms with E-state index >= 15 is 0 Å². The Hall–Kier alpha value is -1.53. The van der Waals surface area contributed by atoms with Crippen molar-refractivity contribution in [3.05, 3.63) is 34.6 Å². The molecule has 0 atom stereocenters. The molecule has 0 radical (unpaired) electrons. The molecule has 0 aliphatic heterocycles. The maximum absolute atomic E-state index is 5.53. The number of nitrogens with zero attached hydrogens (tertiary/aromatic N) is 2. The summed E-state index contributed by atoms with van der Waals surface area (Å²) in [7, 11) is 0. The number of hydrogen-bond donors (Lipinski definition) is 2. The summed E-state index contributed by atoms with van der Waals surface area (Å²) in [4.78, 5) is 9.98. The zero-order valence-electron chi connectivity index (χ0n) is 9.52. The maximum atomic E-state index is 5.53. The molecular formula is C11H12N4S2. The minimum absolute atomic E-state index is 0.292. The SMILES string of the molecule is Cc1nc(Nc2ccnc(C(N)=S)c2)sc1C. The van der Waals surface area contributed by atoms with Crippen molar-refractivity contribution in [2.24, 2.45) is 5.73 Å². The molecule has 3 N–H and O–H groups in total. The largest absolute Gasteiger partial charge is 0.388 e. The summed E-state index contributed by atoms with van der Waals surface area (Å²) in [5, 5.41) is 4.07. The molecule has 2 aromatic rings. The highest BCUT2D eigenvalue weighted by atomic mass is 32.1. The van der Waals surface area contributed by atoms with Crippen LogP contribution in [0, 0.1) is 13.8 Å². The van der Waals surface area contributed by atoms with Gasteiger partial charge < -0.3 is 11.1 Å². The highest BCUT2D eigenvalue weighted by molar-refractivity contribution is 7.80. The maximum Gasteiger partial charge on any atom is 0.187 e. The van der Waals surface area contributed by atoms with E-state index in [1.807, 2.05) is 26.0 Å². The third-order valence-corrected chi connectivity index (χ3v) is 3.49. The highest BCUT2D eigenvalue weighted by Crippen LogP contribution is 2.24. The standard InChI is InChI=1S/C11H12N4S2/c1-6-7(2)17-11(14-6)15-8-3-4-13-9(5-8)10(12)16/h3-5H,1-2H3,(H2,12,16)(H,13,14,15). The zero-order chi connectivity index (χ0) is 12.4. The van der Waals surface area contributed by atoms with Gasteiger partial charge in [-0.1, -0.05) is 12.2 Å². The summed E-state index contributed by atoms with van der Waals surface area (Å²) in [6.45, 7) is 4.04. The topological polar surface area (TPSA) is 63.8 Å². The summed E-state index contributed by atoms with van der Waals surface area (Å²) in [5.74, 6) is 0. The number of thiocarbonyl (C=S) groups is 1. The number of rotatable bonds is 3. The Morgan fingerprint density at radius 3 is 2.82 bits per heavy atom. The summed E-state index contributed by atoms with van der Waals surface area (Å²) in [6.07, 6.45) is 1.67. The van der Waals surface area contributed by atoms with Gasteiger partial charge in [-0.3, -0.25) is 4.98 Å². The summed E-state index contributed by atoms with van der Waals surface area (Å²) in [5.41, 5.74) is 8.07. The molecule has 0 aliphatic rings. The molecule has 4 nitrogen and oxygen atoms in total. The van der Waals surface area contributed by atoms with Gasteiger partial charge in [-0.25, -0.2) is 4.98 Å². The van der Waals surface area contributed by atoms with Gasteiger partial charge in [0.25, 0.3) is 0 Å². The quantitative estimate of drug-likeness (QED) is 0.834. The average molecular weight is 264 g/mol. The summed E-state index contributed by atoms with van der Waals surface area (Å²) < 4.78 is 0. The monoisotopic (exact) mass is 264 g/mol. The lowest BCUT2D eigenvalue weighted by Gasteiger charge is -2.03. The summed E-state index contributed by atoms with van der Waals surface area (Å²) in [6, 6.07) is 3.67. The minimum Gasteiger partial charge on any atom is -0.388 e. The normalized spacial score (nSPS) is 10.2. The first kappa shape index (κ1) is 11.9. The number of aryl methyl sites for hydroxylation is 2. The Bertz CT molecular complexity index is 543. The van der Waals surface area contributed by atoms with Crippen molar-refractivity contribution in [1.82, 2.24) is 9.97 Å². The third-order valence-electron chi connectivity index (χ3n) is 2.29. The molecule has 2 aromatic heterocycles. The van der Waals surface area contributed by atoms with Crippen LogP contribution in [0.1, 0.15) is 16.3 Å². The number of pyridine rings is 1. The van der Waals surface area contributed by atoms with E-state index < -0.39 is 0 Å². The van der Waals surface area contributed by atoms with Crippen molar-refractivity contribution >= 4 is 39.4 Å². The first-order valence-electron chi connectivity index (χ1n) is 5.03. The molecule has 0 amide bonds. The Kier molecular flexibility index (Phi) is 3.35. The fraction of sp³-hybridized carbons (Fsp3) is 0.182. The smallest absolute Gasteiger partial charge is 0.187 e. The van der Waals surface area contributed by atoms with Gasteiger partial charge in [-0.15, -0.1) is 11.3 Å². The number of anilines is 2. The molecule has 6 heteroatoms. The third kappa shape index (κ3) is 2.78. The van der Waals surface area contributed by atoms with Gasteiger partial charge in [-0.05, 0) is 26.0 Å². The summed E-state index contributed by atoms with van der Waals surface area (Å²) >= 11 is 6.50. The van der Waals surface area contributed by atoms with E-state index in [0.717, 1.165) is 16.5 Å². The molecule has 0 fully saturated rings. The molecule has 2 heterocycles. The number of thiazole rings is 1. The Balaban J connectivity index is 2.24. The molecule has 0 saturated heterocycles. The van der Waals surface area contributed by atoms with Crippen molar-refractivity contribution in [1.29, 1.82) is 0 Å². The van der Waals surface area contributed by atoms with Gasteiger partial charge in [0.1, 0.15) is 4.99 Å². The molecule has 0 bridgehead atoms. The highest BCUT2D eigenvalue weighted by Gasteiger charge is 2.05. The molecule has 17 heavy (non-hydrogen) atoms. The van der Waals surface area contributed by atoms with Crippen molar-refractivity contribution in [2.45, 2.75) is 13.8 Å². The van der Waals surface area contributed by atoms with E-state index in [2.05, 4.69) is 15.3 Å². The average Bonchev–Trinajstić information content (AvgIpc) is 2.58. The predicted molar refractivity (Wildman–Crippen MR) is 75.0 cm³/mol. The fourth-order valence-corrected chi connectivity index (χ4v) is 2.24. The van der Waals surface area contributed by atoms with E-state index in [1.54, 1.807) is 17.5 Å². The lowest BCUT2D eigenvalue weighted by atomic mass is 10.3. The van der Waals surface area contributed by atoms with Crippen LogP contribution in [0.3, 0.4) is 0 Å². The van der Waals surface area contributed by atoms with E-state index in [0.29, 0.717) is 10.7 Å². The molecule has 0 spiro atoms. The van der Waals surface area contributed by atoms with Crippen LogP contribution in [0.25, 0.3) is 0 Å². The van der Waals surface area contributed by atoms with Crippen molar-refractivity contribution < 1.29 is 0 Å². The minimum atomic E-state index is 0.292. The molecule has 2 rings (SSSR count). The van der Waals surface area contributed by atoms with Gasteiger partial charge in [0.2, 0.25) is 0 Å². The van der Waals surface area contributed by atoms with Crippen molar-refractivity contribution in [3.63, 3.8) is 0 Å². The van der Waals surface area contributed by atoms with Crippen LogP contribution in [0.4, 0.5) is 10.8 Å². The second-order valence-electron chi connectivity index (χ2n) is 3.58. The first-order chi connectivity index (χ1) is 8.06. The Morgan fingerprint density at radius 1 is 1.47 bits per heavy atom. The van der Waals surface area contributed by atoms with Gasteiger partial charge >= 0.3 is 0 Å². The van der Waals surface area contributed by atoms with Crippen LogP contribution >= 0.6 is 23.6 Å². The van der Waals surface area contributed by atoms with Crippen LogP contribution in [0.2, 0.25) is 0 Å². The lowest BCUT2D eigenvalue weighted by molar-refractivity contribution is 1.22. The predicted octanol–water partition coefficient (Wildman–Crippen LogP) is 2.53. The van der Waals surface area contributed by atoms with E-state index in [1.165, 1.54) is 4.88 Å². The number of aromatic nitrogens is 2. The van der Waals surface area contributed by atoms with Crippen molar-refractivity contribution in [2.75, 3.05) is 5.32 Å². The fourth-order valence-electron chi connectivity index (χ4n) is 1.29. The van der Waals surface area contributed by atoms with Crippen LogP contribution in [0.5, 0.6) is 0 Å². The number of nitrogens with one attached hydrogen (secondary N) is 1. The molecule has 88 valence electrons.